The first-order chi connectivity index (χ1) is 8.20. The summed E-state index contributed by atoms with van der Waals surface area (Å²) in [6.45, 7) is 2.13. The monoisotopic (exact) mass is 235 g/mol. The molecular weight excluding hydrogens is 221 g/mol. The van der Waals surface area contributed by atoms with Crippen LogP contribution in [-0.2, 0) is 4.74 Å². The number of piperidine rings is 1. The topological polar surface area (TPSA) is 32.8 Å². The Kier molecular flexibility index (Phi) is 2.40. The summed E-state index contributed by atoms with van der Waals surface area (Å²) in [5, 5.41) is 0. The minimum atomic E-state index is -0.444. The normalized spacial score (nSPS) is 21.6. The van der Waals surface area contributed by atoms with E-state index in [9.17, 15) is 9.18 Å². The molecule has 1 spiro atoms. The SMILES string of the molecule is O=C(c1ccccc1F)N1CCC2(CC1)CO2. The zero-order valence-electron chi connectivity index (χ0n) is 9.49. The molecule has 90 valence electrons. The van der Waals surface area contributed by atoms with Gasteiger partial charge in [-0.25, -0.2) is 4.39 Å². The third-order valence-electron chi connectivity index (χ3n) is 3.62. The Bertz CT molecular complexity index is 446. The molecule has 0 N–H and O–H groups in total. The molecule has 3 rings (SSSR count). The summed E-state index contributed by atoms with van der Waals surface area (Å²) in [5.74, 6) is -0.654. The van der Waals surface area contributed by atoms with Crippen molar-refractivity contribution in [3.63, 3.8) is 0 Å². The van der Waals surface area contributed by atoms with Crippen LogP contribution in [0.15, 0.2) is 24.3 Å². The van der Waals surface area contributed by atoms with Gasteiger partial charge in [0, 0.05) is 13.1 Å². The Morgan fingerprint density at radius 3 is 2.53 bits per heavy atom. The van der Waals surface area contributed by atoms with Crippen LogP contribution in [0, 0.1) is 5.82 Å². The highest BCUT2D eigenvalue weighted by atomic mass is 19.1. The summed E-state index contributed by atoms with van der Waals surface area (Å²) < 4.78 is 18.9. The minimum absolute atomic E-state index is 0.0476. The van der Waals surface area contributed by atoms with Crippen molar-refractivity contribution in [1.29, 1.82) is 0 Å². The Morgan fingerprint density at radius 1 is 1.29 bits per heavy atom. The number of benzene rings is 1. The average molecular weight is 235 g/mol. The van der Waals surface area contributed by atoms with Crippen LogP contribution in [0.5, 0.6) is 0 Å². The maximum Gasteiger partial charge on any atom is 0.256 e. The van der Waals surface area contributed by atoms with Gasteiger partial charge in [-0.3, -0.25) is 4.79 Å². The second-order valence-corrected chi connectivity index (χ2v) is 4.74. The third kappa shape index (κ3) is 1.93. The van der Waals surface area contributed by atoms with Gasteiger partial charge in [0.1, 0.15) is 5.82 Å². The van der Waals surface area contributed by atoms with Crippen LogP contribution in [0.1, 0.15) is 23.2 Å². The molecule has 0 radical (unpaired) electrons. The fourth-order valence-electron chi connectivity index (χ4n) is 2.31. The first-order valence-electron chi connectivity index (χ1n) is 5.88. The number of rotatable bonds is 1. The van der Waals surface area contributed by atoms with E-state index in [-0.39, 0.29) is 17.1 Å². The standard InChI is InChI=1S/C13H14FNO2/c14-11-4-2-1-3-10(11)12(16)15-7-5-13(6-8-15)9-17-13/h1-4H,5-9H2. The van der Waals surface area contributed by atoms with Crippen LogP contribution in [0.4, 0.5) is 4.39 Å². The largest absolute Gasteiger partial charge is 0.369 e. The summed E-state index contributed by atoms with van der Waals surface area (Å²) in [7, 11) is 0. The average Bonchev–Trinajstić information content (AvgIpc) is 3.10. The lowest BCUT2D eigenvalue weighted by atomic mass is 9.97. The number of hydrogen-bond acceptors (Lipinski definition) is 2. The molecule has 1 aromatic carbocycles. The number of likely N-dealkylation sites (tertiary alicyclic amines) is 1. The van der Waals surface area contributed by atoms with E-state index in [1.54, 1.807) is 17.0 Å². The number of nitrogens with zero attached hydrogens (tertiary/aromatic N) is 1. The number of amides is 1. The highest BCUT2D eigenvalue weighted by Gasteiger charge is 2.47. The highest BCUT2D eigenvalue weighted by Crippen LogP contribution is 2.37. The lowest BCUT2D eigenvalue weighted by molar-refractivity contribution is 0.0658. The number of carbonyl (C=O) groups excluding carboxylic acids is 1. The van der Waals surface area contributed by atoms with E-state index >= 15 is 0 Å². The van der Waals surface area contributed by atoms with Gasteiger partial charge >= 0.3 is 0 Å². The van der Waals surface area contributed by atoms with E-state index in [0.717, 1.165) is 19.4 Å². The van der Waals surface area contributed by atoms with E-state index in [1.165, 1.54) is 12.1 Å². The molecule has 2 fully saturated rings. The van der Waals surface area contributed by atoms with E-state index in [2.05, 4.69) is 0 Å². The van der Waals surface area contributed by atoms with Gasteiger partial charge in [0.05, 0.1) is 17.8 Å². The number of ether oxygens (including phenoxy) is 1. The molecule has 2 heterocycles. The molecule has 0 atom stereocenters. The van der Waals surface area contributed by atoms with Crippen LogP contribution in [0.25, 0.3) is 0 Å². The van der Waals surface area contributed by atoms with Gasteiger partial charge in [-0.1, -0.05) is 12.1 Å². The molecule has 2 saturated heterocycles. The molecule has 0 aromatic heterocycles. The molecule has 4 heteroatoms. The first-order valence-corrected chi connectivity index (χ1v) is 5.88. The smallest absolute Gasteiger partial charge is 0.256 e. The summed E-state index contributed by atoms with van der Waals surface area (Å²) >= 11 is 0. The number of hydrogen-bond donors (Lipinski definition) is 0. The zero-order valence-corrected chi connectivity index (χ0v) is 9.49. The van der Waals surface area contributed by atoms with E-state index in [0.29, 0.717) is 13.1 Å². The zero-order chi connectivity index (χ0) is 11.9. The summed E-state index contributed by atoms with van der Waals surface area (Å²) in [6.07, 6.45) is 1.74. The number of carbonyl (C=O) groups is 1. The van der Waals surface area contributed by atoms with E-state index in [4.69, 9.17) is 4.74 Å². The Morgan fingerprint density at radius 2 is 1.94 bits per heavy atom. The van der Waals surface area contributed by atoms with Crippen LogP contribution in [-0.4, -0.2) is 36.1 Å². The molecule has 3 nitrogen and oxygen atoms in total. The van der Waals surface area contributed by atoms with Crippen LogP contribution >= 0.6 is 0 Å². The van der Waals surface area contributed by atoms with Gasteiger partial charge in [0.2, 0.25) is 0 Å². The molecule has 2 aliphatic rings. The Labute approximate surface area is 99.2 Å². The lowest BCUT2D eigenvalue weighted by Crippen LogP contribution is -2.41. The van der Waals surface area contributed by atoms with Crippen LogP contribution in [0.3, 0.4) is 0 Å². The first kappa shape index (κ1) is 10.7. The summed E-state index contributed by atoms with van der Waals surface area (Å²) in [6, 6.07) is 6.14. The van der Waals surface area contributed by atoms with Crippen molar-refractivity contribution in [3.8, 4) is 0 Å². The van der Waals surface area contributed by atoms with Crippen molar-refractivity contribution in [2.45, 2.75) is 18.4 Å². The van der Waals surface area contributed by atoms with Crippen molar-refractivity contribution in [1.82, 2.24) is 4.90 Å². The van der Waals surface area contributed by atoms with Crippen molar-refractivity contribution in [2.75, 3.05) is 19.7 Å². The van der Waals surface area contributed by atoms with Crippen molar-refractivity contribution < 1.29 is 13.9 Å². The van der Waals surface area contributed by atoms with Crippen LogP contribution < -0.4 is 0 Å². The maximum absolute atomic E-state index is 13.5. The maximum atomic E-state index is 13.5. The molecule has 0 saturated carbocycles. The second-order valence-electron chi connectivity index (χ2n) is 4.74. The molecule has 1 aromatic rings. The lowest BCUT2D eigenvalue weighted by Gasteiger charge is -2.30. The molecular formula is C13H14FNO2. The molecule has 0 unspecified atom stereocenters. The number of halogens is 1. The van der Waals surface area contributed by atoms with Gasteiger partial charge in [-0.05, 0) is 25.0 Å². The molecule has 0 bridgehead atoms. The van der Waals surface area contributed by atoms with E-state index in [1.807, 2.05) is 0 Å². The Hall–Kier alpha value is -1.42. The predicted molar refractivity (Wildman–Crippen MR) is 60.2 cm³/mol. The van der Waals surface area contributed by atoms with Crippen LogP contribution in [0.2, 0.25) is 0 Å². The predicted octanol–water partition coefficient (Wildman–Crippen LogP) is 1.83. The minimum Gasteiger partial charge on any atom is -0.369 e. The van der Waals surface area contributed by atoms with Crippen molar-refractivity contribution in [2.24, 2.45) is 0 Å². The molecule has 0 aliphatic carbocycles. The van der Waals surface area contributed by atoms with Gasteiger partial charge < -0.3 is 9.64 Å². The second kappa shape index (κ2) is 3.81. The quantitative estimate of drug-likeness (QED) is 0.696. The van der Waals surface area contributed by atoms with Gasteiger partial charge in [-0.2, -0.15) is 0 Å². The van der Waals surface area contributed by atoms with Crippen molar-refractivity contribution >= 4 is 5.91 Å². The number of epoxide rings is 1. The van der Waals surface area contributed by atoms with Crippen molar-refractivity contribution in [3.05, 3.63) is 35.6 Å². The molecule has 1 amide bonds. The molecule has 2 aliphatic heterocycles. The fraction of sp³-hybridized carbons (Fsp3) is 0.462. The summed E-state index contributed by atoms with van der Waals surface area (Å²) in [5.41, 5.74) is 0.214. The fourth-order valence-corrected chi connectivity index (χ4v) is 2.31. The van der Waals surface area contributed by atoms with Gasteiger partial charge in [-0.15, -0.1) is 0 Å². The van der Waals surface area contributed by atoms with E-state index < -0.39 is 5.82 Å². The summed E-state index contributed by atoms with van der Waals surface area (Å²) in [4.78, 5) is 13.8. The third-order valence-corrected chi connectivity index (χ3v) is 3.62. The molecule has 17 heavy (non-hydrogen) atoms. The van der Waals surface area contributed by atoms with Gasteiger partial charge in [0.25, 0.3) is 5.91 Å². The Balaban J connectivity index is 1.72. The van der Waals surface area contributed by atoms with Gasteiger partial charge in [0.15, 0.2) is 0 Å². The highest BCUT2D eigenvalue weighted by molar-refractivity contribution is 5.94.